The minimum absolute atomic E-state index is 0.123. The lowest BCUT2D eigenvalue weighted by atomic mass is 10.1. The zero-order valence-electron chi connectivity index (χ0n) is 12.5. The Hall–Kier alpha value is -1.10. The maximum atomic E-state index is 12.0. The van der Waals surface area contributed by atoms with Crippen molar-refractivity contribution >= 4 is 17.5 Å². The summed E-state index contributed by atoms with van der Waals surface area (Å²) in [5, 5.41) is 6.69. The molecule has 0 spiro atoms. The van der Waals surface area contributed by atoms with Crippen LogP contribution in [0.4, 0.5) is 0 Å². The molecule has 1 heterocycles. The SMILES string of the molecule is Cc1ccc(C(=O)NCCCOC2CCNCC2)c(Cl)c1. The van der Waals surface area contributed by atoms with E-state index in [4.69, 9.17) is 16.3 Å². The van der Waals surface area contributed by atoms with Gasteiger partial charge in [0.2, 0.25) is 0 Å². The van der Waals surface area contributed by atoms with Gasteiger partial charge in [-0.2, -0.15) is 0 Å². The number of benzene rings is 1. The Balaban J connectivity index is 1.64. The number of nitrogens with one attached hydrogen (secondary N) is 2. The number of amides is 1. The van der Waals surface area contributed by atoms with E-state index in [9.17, 15) is 4.79 Å². The van der Waals surface area contributed by atoms with Crippen LogP contribution in [-0.2, 0) is 4.74 Å². The molecule has 1 aromatic rings. The van der Waals surface area contributed by atoms with E-state index in [-0.39, 0.29) is 5.91 Å². The predicted octanol–water partition coefficient (Wildman–Crippen LogP) is 2.54. The van der Waals surface area contributed by atoms with E-state index >= 15 is 0 Å². The molecule has 2 rings (SSSR count). The molecular formula is C16H23ClN2O2. The molecule has 0 saturated carbocycles. The molecule has 21 heavy (non-hydrogen) atoms. The highest BCUT2D eigenvalue weighted by molar-refractivity contribution is 6.33. The van der Waals surface area contributed by atoms with Crippen LogP contribution in [0.25, 0.3) is 0 Å². The van der Waals surface area contributed by atoms with Gasteiger partial charge in [-0.25, -0.2) is 0 Å². The number of carbonyl (C=O) groups excluding carboxylic acids is 1. The molecule has 2 N–H and O–H groups in total. The number of aryl methyl sites for hydroxylation is 1. The number of rotatable bonds is 6. The van der Waals surface area contributed by atoms with Crippen LogP contribution in [0, 0.1) is 6.92 Å². The summed E-state index contributed by atoms with van der Waals surface area (Å²) >= 11 is 6.07. The minimum atomic E-state index is -0.123. The van der Waals surface area contributed by atoms with E-state index in [2.05, 4.69) is 10.6 Å². The Labute approximate surface area is 131 Å². The Morgan fingerprint density at radius 1 is 1.43 bits per heavy atom. The summed E-state index contributed by atoms with van der Waals surface area (Å²) < 4.78 is 5.79. The third kappa shape index (κ3) is 5.30. The lowest BCUT2D eigenvalue weighted by Gasteiger charge is -2.22. The largest absolute Gasteiger partial charge is 0.378 e. The highest BCUT2D eigenvalue weighted by Crippen LogP contribution is 2.17. The highest BCUT2D eigenvalue weighted by atomic mass is 35.5. The van der Waals surface area contributed by atoms with E-state index in [1.807, 2.05) is 13.0 Å². The van der Waals surface area contributed by atoms with Gasteiger partial charge in [0.1, 0.15) is 0 Å². The molecule has 1 fully saturated rings. The molecule has 0 bridgehead atoms. The first-order chi connectivity index (χ1) is 10.2. The van der Waals surface area contributed by atoms with Gasteiger partial charge in [-0.05, 0) is 57.0 Å². The third-order valence-corrected chi connectivity index (χ3v) is 3.93. The van der Waals surface area contributed by atoms with Crippen molar-refractivity contribution in [3.05, 3.63) is 34.3 Å². The second kappa shape index (κ2) is 8.37. The van der Waals surface area contributed by atoms with Gasteiger partial charge in [0.05, 0.1) is 16.7 Å². The number of halogens is 1. The van der Waals surface area contributed by atoms with E-state index in [0.717, 1.165) is 37.9 Å². The first-order valence-corrected chi connectivity index (χ1v) is 7.91. The van der Waals surface area contributed by atoms with Crippen LogP contribution in [-0.4, -0.2) is 38.3 Å². The average Bonchev–Trinajstić information content (AvgIpc) is 2.47. The fourth-order valence-electron chi connectivity index (χ4n) is 2.39. The Morgan fingerprint density at radius 2 is 2.19 bits per heavy atom. The van der Waals surface area contributed by atoms with Gasteiger partial charge in [0, 0.05) is 13.2 Å². The molecule has 1 aliphatic heterocycles. The van der Waals surface area contributed by atoms with Crippen molar-refractivity contribution < 1.29 is 9.53 Å². The lowest BCUT2D eigenvalue weighted by molar-refractivity contribution is 0.0318. The van der Waals surface area contributed by atoms with Crippen molar-refractivity contribution in [2.45, 2.75) is 32.3 Å². The van der Waals surface area contributed by atoms with Crippen LogP contribution in [0.2, 0.25) is 5.02 Å². The summed E-state index contributed by atoms with van der Waals surface area (Å²) in [4.78, 5) is 12.0. The normalized spacial score (nSPS) is 15.9. The van der Waals surface area contributed by atoms with Gasteiger partial charge in [0.15, 0.2) is 0 Å². The van der Waals surface area contributed by atoms with Crippen molar-refractivity contribution in [2.75, 3.05) is 26.2 Å². The summed E-state index contributed by atoms with van der Waals surface area (Å²) in [5.41, 5.74) is 1.58. The van der Waals surface area contributed by atoms with Crippen LogP contribution in [0.3, 0.4) is 0 Å². The molecule has 4 nitrogen and oxygen atoms in total. The van der Waals surface area contributed by atoms with Gasteiger partial charge in [0.25, 0.3) is 5.91 Å². The standard InChI is InChI=1S/C16H23ClN2O2/c1-12-3-4-14(15(17)11-12)16(20)19-7-2-10-21-13-5-8-18-9-6-13/h3-4,11,13,18H,2,5-10H2,1H3,(H,19,20). The van der Waals surface area contributed by atoms with Gasteiger partial charge < -0.3 is 15.4 Å². The summed E-state index contributed by atoms with van der Waals surface area (Å²) in [6, 6.07) is 5.45. The molecule has 116 valence electrons. The fraction of sp³-hybridized carbons (Fsp3) is 0.562. The molecule has 1 amide bonds. The monoisotopic (exact) mass is 310 g/mol. The number of piperidine rings is 1. The summed E-state index contributed by atoms with van der Waals surface area (Å²) in [6.45, 7) is 5.31. The third-order valence-electron chi connectivity index (χ3n) is 3.62. The van der Waals surface area contributed by atoms with Crippen LogP contribution >= 0.6 is 11.6 Å². The quantitative estimate of drug-likeness (QED) is 0.794. The molecule has 0 aliphatic carbocycles. The predicted molar refractivity (Wildman–Crippen MR) is 85.0 cm³/mol. The molecule has 0 aromatic heterocycles. The van der Waals surface area contributed by atoms with Crippen LogP contribution < -0.4 is 10.6 Å². The maximum Gasteiger partial charge on any atom is 0.252 e. The van der Waals surface area contributed by atoms with Crippen LogP contribution in [0.1, 0.15) is 35.2 Å². The number of carbonyl (C=O) groups is 1. The van der Waals surface area contributed by atoms with Crippen molar-refractivity contribution in [1.29, 1.82) is 0 Å². The van der Waals surface area contributed by atoms with Crippen molar-refractivity contribution in [2.24, 2.45) is 0 Å². The molecule has 0 radical (unpaired) electrons. The summed E-state index contributed by atoms with van der Waals surface area (Å²) in [7, 11) is 0. The molecule has 1 aliphatic rings. The Kier molecular flexibility index (Phi) is 6.49. The zero-order valence-corrected chi connectivity index (χ0v) is 13.2. The van der Waals surface area contributed by atoms with Gasteiger partial charge in [-0.1, -0.05) is 17.7 Å². The van der Waals surface area contributed by atoms with Crippen LogP contribution in [0.5, 0.6) is 0 Å². The van der Waals surface area contributed by atoms with Crippen LogP contribution in [0.15, 0.2) is 18.2 Å². The first-order valence-electron chi connectivity index (χ1n) is 7.53. The molecule has 1 saturated heterocycles. The minimum Gasteiger partial charge on any atom is -0.378 e. The summed E-state index contributed by atoms with van der Waals surface area (Å²) in [6.07, 6.45) is 3.34. The van der Waals surface area contributed by atoms with E-state index in [1.165, 1.54) is 0 Å². The van der Waals surface area contributed by atoms with E-state index < -0.39 is 0 Å². The average molecular weight is 311 g/mol. The van der Waals surface area contributed by atoms with E-state index in [1.54, 1.807) is 12.1 Å². The van der Waals surface area contributed by atoms with Crippen molar-refractivity contribution in [3.63, 3.8) is 0 Å². The number of hydrogen-bond acceptors (Lipinski definition) is 3. The molecule has 0 atom stereocenters. The number of hydrogen-bond donors (Lipinski definition) is 2. The van der Waals surface area contributed by atoms with Gasteiger partial charge >= 0.3 is 0 Å². The van der Waals surface area contributed by atoms with Gasteiger partial charge in [-0.3, -0.25) is 4.79 Å². The second-order valence-electron chi connectivity index (χ2n) is 5.41. The van der Waals surface area contributed by atoms with Crippen molar-refractivity contribution in [1.82, 2.24) is 10.6 Å². The molecule has 1 aromatic carbocycles. The maximum absolute atomic E-state index is 12.0. The fourth-order valence-corrected chi connectivity index (χ4v) is 2.71. The molecular weight excluding hydrogens is 288 g/mol. The lowest BCUT2D eigenvalue weighted by Crippen LogP contribution is -2.33. The molecule has 0 unspecified atom stereocenters. The van der Waals surface area contributed by atoms with E-state index in [0.29, 0.717) is 29.8 Å². The second-order valence-corrected chi connectivity index (χ2v) is 5.82. The Bertz CT molecular complexity index is 473. The number of ether oxygens (including phenoxy) is 1. The topological polar surface area (TPSA) is 50.4 Å². The highest BCUT2D eigenvalue weighted by Gasteiger charge is 2.13. The smallest absolute Gasteiger partial charge is 0.252 e. The Morgan fingerprint density at radius 3 is 2.90 bits per heavy atom. The van der Waals surface area contributed by atoms with Crippen molar-refractivity contribution in [3.8, 4) is 0 Å². The first kappa shape index (κ1) is 16.3. The summed E-state index contributed by atoms with van der Waals surface area (Å²) in [5.74, 6) is -0.123. The molecule has 5 heteroatoms. The van der Waals surface area contributed by atoms with Gasteiger partial charge in [-0.15, -0.1) is 0 Å². The zero-order chi connectivity index (χ0) is 15.1.